The second kappa shape index (κ2) is 16.2. The average molecular weight is 920 g/mol. The van der Waals surface area contributed by atoms with Crippen LogP contribution in [0.15, 0.2) is 188 Å². The highest BCUT2D eigenvalue weighted by atomic mass is 15.1. The summed E-state index contributed by atoms with van der Waals surface area (Å²) in [7, 11) is 0. The molecule has 0 aliphatic heterocycles. The second-order valence-electron chi connectivity index (χ2n) is 23.0. The lowest BCUT2D eigenvalue weighted by molar-refractivity contribution is 0.558. The lowest BCUT2D eigenvalue weighted by Crippen LogP contribution is -2.30. The zero-order valence-electron chi connectivity index (χ0n) is 43.3. The van der Waals surface area contributed by atoms with Crippen LogP contribution in [-0.2, 0) is 34.5 Å². The zero-order chi connectivity index (χ0) is 49.2. The Morgan fingerprint density at radius 2 is 0.930 bits per heavy atom. The summed E-state index contributed by atoms with van der Waals surface area (Å²) >= 11 is 0. The van der Waals surface area contributed by atoms with E-state index in [0.29, 0.717) is 0 Å². The van der Waals surface area contributed by atoms with Crippen molar-refractivity contribution in [3.05, 3.63) is 244 Å². The minimum absolute atomic E-state index is 0.0686. The number of aryl methyl sites for hydroxylation is 2. The Hall–Kier alpha value is -7.22. The van der Waals surface area contributed by atoms with Crippen molar-refractivity contribution >= 4 is 17.1 Å². The highest BCUT2D eigenvalue weighted by Gasteiger charge is 2.54. The van der Waals surface area contributed by atoms with E-state index < -0.39 is 5.41 Å². The first-order valence-corrected chi connectivity index (χ1v) is 26.1. The van der Waals surface area contributed by atoms with Gasteiger partial charge in [-0.25, -0.2) is 0 Å². The lowest BCUT2D eigenvalue weighted by atomic mass is 9.65. The summed E-state index contributed by atoms with van der Waals surface area (Å²) in [5.41, 5.74) is 29.7. The largest absolute Gasteiger partial charge is 0.310 e. The van der Waals surface area contributed by atoms with Gasteiger partial charge in [-0.1, -0.05) is 227 Å². The Kier molecular flexibility index (Phi) is 10.2. The van der Waals surface area contributed by atoms with Crippen LogP contribution in [0.4, 0.5) is 17.1 Å². The predicted octanol–water partition coefficient (Wildman–Crippen LogP) is 18.9. The lowest BCUT2D eigenvalue weighted by Gasteiger charge is -2.36. The van der Waals surface area contributed by atoms with E-state index in [-0.39, 0.29) is 16.2 Å². The van der Waals surface area contributed by atoms with Crippen molar-refractivity contribution in [3.63, 3.8) is 0 Å². The van der Waals surface area contributed by atoms with E-state index in [1.54, 1.807) is 0 Å². The van der Waals surface area contributed by atoms with Gasteiger partial charge in [-0.2, -0.15) is 0 Å². The van der Waals surface area contributed by atoms with Crippen molar-refractivity contribution in [1.82, 2.24) is 0 Å². The maximum atomic E-state index is 2.58. The van der Waals surface area contributed by atoms with Crippen molar-refractivity contribution in [2.24, 2.45) is 0 Å². The molecule has 3 aliphatic rings. The van der Waals surface area contributed by atoms with E-state index in [1.165, 1.54) is 117 Å². The summed E-state index contributed by atoms with van der Waals surface area (Å²) in [5.74, 6) is 0. The average Bonchev–Trinajstić information content (AvgIpc) is 3.94. The molecule has 0 saturated heterocycles. The van der Waals surface area contributed by atoms with Crippen LogP contribution in [0.3, 0.4) is 0 Å². The van der Waals surface area contributed by atoms with Crippen LogP contribution in [-0.4, -0.2) is 0 Å². The molecule has 0 aromatic heterocycles. The molecule has 1 spiro atoms. The van der Waals surface area contributed by atoms with Crippen molar-refractivity contribution < 1.29 is 0 Å². The SMILES string of the molecule is CCc1ccccc1-c1ccc(N(c2ccc(-c3cccc4c3-c3ccccc3C4(C)C)cc2)c2cccc3c2-c2cc(C(C)(C)C)cc(C(C)(C)C)c2C32c3ccccc3-c3ccccc32)cc1CC. The molecule has 12 rings (SSSR count). The van der Waals surface area contributed by atoms with Gasteiger partial charge in [-0.05, 0) is 160 Å². The maximum absolute atomic E-state index is 2.58. The molecule has 1 heteroatoms. The first-order chi connectivity index (χ1) is 34.2. The van der Waals surface area contributed by atoms with E-state index in [2.05, 4.69) is 262 Å². The van der Waals surface area contributed by atoms with Gasteiger partial charge in [-0.15, -0.1) is 0 Å². The van der Waals surface area contributed by atoms with E-state index in [4.69, 9.17) is 0 Å². The van der Waals surface area contributed by atoms with E-state index in [0.717, 1.165) is 24.2 Å². The standard InChI is InChI=1S/C70H65N/c1-11-44-23-13-14-24-50(44)51-40-39-49(41-45(51)12-2)71(48-37-35-46(36-38-48)52-28-21-32-60-64(52)55-27-17-18-29-57(55)69(60,9)10)63-34-22-33-61-65(63)56-42-47(67(3,4)5)43-62(68(6,7)8)66(56)70(61)58-30-19-15-25-53(58)54-26-16-20-31-59(54)70/h13-43H,11-12H2,1-10H3. The van der Waals surface area contributed by atoms with E-state index in [9.17, 15) is 0 Å². The monoisotopic (exact) mass is 920 g/mol. The molecule has 9 aromatic rings. The molecule has 0 radical (unpaired) electrons. The molecule has 0 fully saturated rings. The first-order valence-electron chi connectivity index (χ1n) is 26.1. The molecule has 3 aliphatic carbocycles. The van der Waals surface area contributed by atoms with Crippen molar-refractivity contribution in [2.75, 3.05) is 4.90 Å². The molecule has 0 amide bonds. The smallest absolute Gasteiger partial charge is 0.0729 e. The second-order valence-corrected chi connectivity index (χ2v) is 23.0. The molecular weight excluding hydrogens is 855 g/mol. The Morgan fingerprint density at radius 3 is 1.58 bits per heavy atom. The van der Waals surface area contributed by atoms with Crippen LogP contribution in [0, 0.1) is 0 Å². The predicted molar refractivity (Wildman–Crippen MR) is 302 cm³/mol. The van der Waals surface area contributed by atoms with Crippen molar-refractivity contribution in [1.29, 1.82) is 0 Å². The third kappa shape index (κ3) is 6.58. The van der Waals surface area contributed by atoms with Crippen LogP contribution in [0.2, 0.25) is 0 Å². The van der Waals surface area contributed by atoms with Gasteiger partial charge < -0.3 is 4.90 Å². The fourth-order valence-corrected chi connectivity index (χ4v) is 13.1. The molecule has 1 nitrogen and oxygen atoms in total. The molecule has 71 heavy (non-hydrogen) atoms. The number of rotatable bonds is 7. The Labute approximate surface area is 422 Å². The summed E-state index contributed by atoms with van der Waals surface area (Å²) in [6.45, 7) is 23.7. The maximum Gasteiger partial charge on any atom is 0.0729 e. The van der Waals surface area contributed by atoms with Crippen molar-refractivity contribution in [2.45, 2.75) is 104 Å². The fourth-order valence-electron chi connectivity index (χ4n) is 13.1. The number of nitrogens with zero attached hydrogens (tertiary/aromatic N) is 1. The highest BCUT2D eigenvalue weighted by Crippen LogP contribution is 2.67. The summed E-state index contributed by atoms with van der Waals surface area (Å²) in [6.07, 6.45) is 1.91. The van der Waals surface area contributed by atoms with Crippen LogP contribution >= 0.6 is 0 Å². The van der Waals surface area contributed by atoms with Gasteiger partial charge in [-0.3, -0.25) is 0 Å². The first kappa shape index (κ1) is 45.0. The molecular formula is C70H65N. The van der Waals surface area contributed by atoms with Gasteiger partial charge in [0, 0.05) is 22.4 Å². The molecule has 0 saturated carbocycles. The summed E-state index contributed by atoms with van der Waals surface area (Å²) in [4.78, 5) is 2.58. The molecule has 0 unspecified atom stereocenters. The fraction of sp³-hybridized carbons (Fsp3) is 0.229. The quantitative estimate of drug-likeness (QED) is 0.154. The van der Waals surface area contributed by atoms with E-state index in [1.807, 2.05) is 0 Å². The van der Waals surface area contributed by atoms with Crippen molar-refractivity contribution in [3.8, 4) is 55.6 Å². The van der Waals surface area contributed by atoms with Crippen LogP contribution in [0.5, 0.6) is 0 Å². The molecule has 9 aromatic carbocycles. The number of hydrogen-bond acceptors (Lipinski definition) is 1. The van der Waals surface area contributed by atoms with Gasteiger partial charge in [0.2, 0.25) is 0 Å². The zero-order valence-corrected chi connectivity index (χ0v) is 43.3. The Bertz CT molecular complexity index is 3560. The normalized spacial score (nSPS) is 14.4. The number of fused-ring (bicyclic) bond motifs is 13. The van der Waals surface area contributed by atoms with Crippen LogP contribution in [0.1, 0.15) is 125 Å². The minimum atomic E-state index is -0.511. The molecule has 350 valence electrons. The number of hydrogen-bond donors (Lipinski definition) is 0. The van der Waals surface area contributed by atoms with Crippen LogP contribution in [0.25, 0.3) is 55.6 Å². The van der Waals surface area contributed by atoms with Crippen LogP contribution < -0.4 is 4.90 Å². The topological polar surface area (TPSA) is 3.24 Å². The Morgan fingerprint density at radius 1 is 0.394 bits per heavy atom. The van der Waals surface area contributed by atoms with Gasteiger partial charge in [0.1, 0.15) is 0 Å². The third-order valence-corrected chi connectivity index (χ3v) is 16.6. The van der Waals surface area contributed by atoms with Gasteiger partial charge >= 0.3 is 0 Å². The van der Waals surface area contributed by atoms with Gasteiger partial charge in [0.05, 0.1) is 11.1 Å². The van der Waals surface area contributed by atoms with E-state index >= 15 is 0 Å². The highest BCUT2D eigenvalue weighted by molar-refractivity contribution is 6.02. The summed E-state index contributed by atoms with van der Waals surface area (Å²) < 4.78 is 0. The number of anilines is 3. The molecule has 0 atom stereocenters. The third-order valence-electron chi connectivity index (χ3n) is 16.6. The minimum Gasteiger partial charge on any atom is -0.310 e. The summed E-state index contributed by atoms with van der Waals surface area (Å²) in [6, 6.07) is 72.5. The van der Waals surface area contributed by atoms with Gasteiger partial charge in [0.25, 0.3) is 0 Å². The molecule has 0 bridgehead atoms. The number of benzene rings is 9. The van der Waals surface area contributed by atoms with Gasteiger partial charge in [0.15, 0.2) is 0 Å². The molecule has 0 heterocycles. The Balaban J connectivity index is 1.15. The molecule has 0 N–H and O–H groups in total. The summed E-state index contributed by atoms with van der Waals surface area (Å²) in [5, 5.41) is 0.